The van der Waals surface area contributed by atoms with Crippen molar-refractivity contribution in [3.05, 3.63) is 88.6 Å². The largest absolute Gasteiger partial charge is 0.449 e. The van der Waals surface area contributed by atoms with Gasteiger partial charge in [0.15, 0.2) is 5.82 Å². The van der Waals surface area contributed by atoms with Gasteiger partial charge in [-0.05, 0) is 81.5 Å². The monoisotopic (exact) mass is 477 g/mol. The van der Waals surface area contributed by atoms with Crippen LogP contribution in [0.4, 0.5) is 14.9 Å². The van der Waals surface area contributed by atoms with E-state index in [2.05, 4.69) is 15.3 Å². The molecule has 0 aliphatic rings. The number of nitrogens with zero attached hydrogens (tertiary/aromatic N) is 4. The van der Waals surface area contributed by atoms with E-state index in [4.69, 9.17) is 4.74 Å². The summed E-state index contributed by atoms with van der Waals surface area (Å²) in [6, 6.07) is 16.6. The number of fused-ring (bicyclic) bond motifs is 1. The number of rotatable bonds is 9. The van der Waals surface area contributed by atoms with Gasteiger partial charge in [0.1, 0.15) is 5.82 Å². The van der Waals surface area contributed by atoms with Crippen LogP contribution < -0.4 is 10.9 Å². The molecule has 35 heavy (non-hydrogen) atoms. The molecule has 4 aromatic rings. The molecule has 0 atom stereocenters. The molecule has 182 valence electrons. The predicted molar refractivity (Wildman–Crippen MR) is 134 cm³/mol. The lowest BCUT2D eigenvalue weighted by atomic mass is 10.2. The number of halogens is 1. The second kappa shape index (κ2) is 11.0. The van der Waals surface area contributed by atoms with Crippen molar-refractivity contribution in [2.75, 3.05) is 32.6 Å². The van der Waals surface area contributed by atoms with Gasteiger partial charge in [0.2, 0.25) is 0 Å². The molecule has 9 heteroatoms. The second-order valence-electron chi connectivity index (χ2n) is 8.55. The van der Waals surface area contributed by atoms with Crippen LogP contribution in [0.25, 0.3) is 16.7 Å². The van der Waals surface area contributed by atoms with Gasteiger partial charge in [0, 0.05) is 23.3 Å². The van der Waals surface area contributed by atoms with Crippen LogP contribution in [0.3, 0.4) is 0 Å². The molecular formula is C26H28FN5O3. The average molecular weight is 478 g/mol. The van der Waals surface area contributed by atoms with Crippen molar-refractivity contribution in [1.82, 2.24) is 19.2 Å². The maximum absolute atomic E-state index is 13.8. The number of nitrogens with one attached hydrogen (secondary N) is 1. The number of hydrogen-bond donors (Lipinski definition) is 1. The first-order chi connectivity index (χ1) is 16.9. The Balaban J connectivity index is 1.44. The van der Waals surface area contributed by atoms with Gasteiger partial charge in [-0.2, -0.15) is 5.10 Å². The van der Waals surface area contributed by atoms with Crippen molar-refractivity contribution in [3.8, 4) is 5.82 Å². The number of unbranched alkanes of at least 4 members (excludes halogenated alkanes) is 1. The number of ether oxygens (including phenoxy) is 1. The molecule has 0 saturated carbocycles. The lowest BCUT2D eigenvalue weighted by molar-refractivity contribution is 0.158. The van der Waals surface area contributed by atoms with Gasteiger partial charge < -0.3 is 9.64 Å². The third-order valence-electron chi connectivity index (χ3n) is 5.49. The molecule has 1 N–H and O–H groups in total. The molecule has 0 radical (unpaired) electrons. The van der Waals surface area contributed by atoms with E-state index in [0.29, 0.717) is 23.6 Å². The lowest BCUT2D eigenvalue weighted by Crippen LogP contribution is -2.24. The summed E-state index contributed by atoms with van der Waals surface area (Å²) in [5.74, 6) is 0.152. The Labute approximate surface area is 202 Å². The summed E-state index contributed by atoms with van der Waals surface area (Å²) in [6.45, 7) is 1.50. The third kappa shape index (κ3) is 6.33. The molecule has 2 aromatic carbocycles. The number of carbonyl (C=O) groups is 1. The highest BCUT2D eigenvalue weighted by Gasteiger charge is 2.09. The fourth-order valence-corrected chi connectivity index (χ4v) is 3.75. The first-order valence-electron chi connectivity index (χ1n) is 11.4. The molecule has 0 saturated heterocycles. The van der Waals surface area contributed by atoms with Crippen LogP contribution in [0.1, 0.15) is 18.4 Å². The fourth-order valence-electron chi connectivity index (χ4n) is 3.75. The Morgan fingerprint density at radius 3 is 2.77 bits per heavy atom. The topological polar surface area (TPSA) is 81.4 Å². The van der Waals surface area contributed by atoms with Crippen LogP contribution in [0.5, 0.6) is 0 Å². The Hall–Kier alpha value is -3.98. The van der Waals surface area contributed by atoms with Gasteiger partial charge in [0.25, 0.3) is 5.56 Å². The zero-order valence-electron chi connectivity index (χ0n) is 19.8. The molecule has 0 fully saturated rings. The quantitative estimate of drug-likeness (QED) is 0.364. The van der Waals surface area contributed by atoms with Crippen molar-refractivity contribution in [2.24, 2.45) is 0 Å². The number of anilines is 1. The summed E-state index contributed by atoms with van der Waals surface area (Å²) >= 11 is 0. The summed E-state index contributed by atoms with van der Waals surface area (Å²) < 4.78 is 22.1. The molecule has 8 nitrogen and oxygen atoms in total. The molecule has 0 bridgehead atoms. The fraction of sp³-hybridized carbons (Fsp3) is 0.269. The minimum Gasteiger partial charge on any atom is -0.449 e. The van der Waals surface area contributed by atoms with Crippen LogP contribution in [0.15, 0.2) is 71.7 Å². The zero-order valence-corrected chi connectivity index (χ0v) is 19.8. The van der Waals surface area contributed by atoms with Crippen LogP contribution in [0, 0.1) is 5.82 Å². The van der Waals surface area contributed by atoms with Crippen LogP contribution in [-0.4, -0.2) is 52.6 Å². The molecule has 0 spiro atoms. The summed E-state index contributed by atoms with van der Waals surface area (Å²) in [5.41, 5.74) is 1.74. The van der Waals surface area contributed by atoms with Gasteiger partial charge >= 0.3 is 6.09 Å². The summed E-state index contributed by atoms with van der Waals surface area (Å²) in [5, 5.41) is 8.07. The first-order valence-corrected chi connectivity index (χ1v) is 11.4. The molecule has 2 heterocycles. The van der Waals surface area contributed by atoms with E-state index >= 15 is 0 Å². The SMILES string of the molecule is CN(C)CCCCOC(=O)Nc1cccc(Cn2nc(-n3ccc4ccc(F)cc43)ccc2=O)c1. The average Bonchev–Trinajstić information content (AvgIpc) is 3.23. The second-order valence-corrected chi connectivity index (χ2v) is 8.55. The van der Waals surface area contributed by atoms with Gasteiger partial charge in [-0.3, -0.25) is 14.7 Å². The van der Waals surface area contributed by atoms with E-state index in [1.165, 1.54) is 22.9 Å². The molecule has 2 aromatic heterocycles. The number of hydrogen-bond acceptors (Lipinski definition) is 5. The smallest absolute Gasteiger partial charge is 0.411 e. The Morgan fingerprint density at radius 1 is 1.09 bits per heavy atom. The Bertz CT molecular complexity index is 1380. The van der Waals surface area contributed by atoms with Crippen LogP contribution in [-0.2, 0) is 11.3 Å². The van der Waals surface area contributed by atoms with E-state index in [1.54, 1.807) is 41.1 Å². The van der Waals surface area contributed by atoms with Crippen molar-refractivity contribution >= 4 is 22.7 Å². The van der Waals surface area contributed by atoms with Gasteiger partial charge in [-0.25, -0.2) is 13.9 Å². The predicted octanol–water partition coefficient (Wildman–Crippen LogP) is 4.26. The molecule has 0 aliphatic heterocycles. The maximum atomic E-state index is 13.8. The molecular weight excluding hydrogens is 449 g/mol. The standard InChI is InChI=1S/C26H28FN5O3/c1-30(2)13-3-4-15-35-26(34)28-22-7-5-6-19(16-22)18-32-25(33)11-10-24(29-32)31-14-12-20-8-9-21(27)17-23(20)31/h5-12,14,16-17H,3-4,13,15,18H2,1-2H3,(H,28,34). The molecule has 0 aliphatic carbocycles. The van der Waals surface area contributed by atoms with Crippen LogP contribution >= 0.6 is 0 Å². The minimum absolute atomic E-state index is 0.204. The highest BCUT2D eigenvalue weighted by Crippen LogP contribution is 2.20. The van der Waals surface area contributed by atoms with E-state index < -0.39 is 6.09 Å². The summed E-state index contributed by atoms with van der Waals surface area (Å²) in [4.78, 5) is 26.7. The van der Waals surface area contributed by atoms with Crippen molar-refractivity contribution in [2.45, 2.75) is 19.4 Å². The first kappa shape index (κ1) is 24.2. The number of aromatic nitrogens is 3. The molecule has 4 rings (SSSR count). The van der Waals surface area contributed by atoms with Crippen molar-refractivity contribution in [3.63, 3.8) is 0 Å². The minimum atomic E-state index is -0.518. The van der Waals surface area contributed by atoms with Crippen molar-refractivity contribution < 1.29 is 13.9 Å². The molecule has 1 amide bonds. The summed E-state index contributed by atoms with van der Waals surface area (Å²) in [6.07, 6.45) is 3.01. The number of amides is 1. The Kier molecular flexibility index (Phi) is 7.57. The molecule has 0 unspecified atom stereocenters. The highest BCUT2D eigenvalue weighted by molar-refractivity contribution is 5.84. The van der Waals surface area contributed by atoms with Gasteiger partial charge in [-0.1, -0.05) is 12.1 Å². The van der Waals surface area contributed by atoms with E-state index in [-0.39, 0.29) is 17.9 Å². The number of carbonyl (C=O) groups excluding carboxylic acids is 1. The lowest BCUT2D eigenvalue weighted by Gasteiger charge is -2.11. The highest BCUT2D eigenvalue weighted by atomic mass is 19.1. The maximum Gasteiger partial charge on any atom is 0.411 e. The third-order valence-corrected chi connectivity index (χ3v) is 5.49. The number of benzene rings is 2. The zero-order chi connectivity index (χ0) is 24.8. The van der Waals surface area contributed by atoms with E-state index in [9.17, 15) is 14.0 Å². The van der Waals surface area contributed by atoms with Crippen LogP contribution in [0.2, 0.25) is 0 Å². The Morgan fingerprint density at radius 2 is 1.94 bits per heavy atom. The van der Waals surface area contributed by atoms with Gasteiger partial charge in [0.05, 0.1) is 18.7 Å². The normalized spacial score (nSPS) is 11.2. The van der Waals surface area contributed by atoms with E-state index in [1.807, 2.05) is 26.2 Å². The van der Waals surface area contributed by atoms with Crippen molar-refractivity contribution in [1.29, 1.82) is 0 Å². The van der Waals surface area contributed by atoms with E-state index in [0.717, 1.165) is 30.3 Å². The van der Waals surface area contributed by atoms with Gasteiger partial charge in [-0.15, -0.1) is 0 Å². The summed E-state index contributed by atoms with van der Waals surface area (Å²) in [7, 11) is 4.01.